The Bertz CT molecular complexity index is 2030. The number of rotatable bonds is 18. The van der Waals surface area contributed by atoms with Crippen molar-refractivity contribution < 1.29 is 100 Å². The van der Waals surface area contributed by atoms with Crippen molar-refractivity contribution in [2.24, 2.45) is 0 Å². The topological polar surface area (TPSA) is 287 Å². The number of amides is 1. The van der Waals surface area contributed by atoms with Crippen molar-refractivity contribution in [2.75, 3.05) is 13.2 Å². The number of aliphatic hydroxyl groups excluding tert-OH is 1. The number of benzene rings is 2. The SMILES string of the molecule is CC(=O)NC1C(OC(C)=O)CC(OC2C(OC(=O)c3ccccc3)C(O)OC(COC(C)=O)C2OC(C)=O)(C(=O)OCc2ccccc2)OC1[C@H](OC(C)=O)[C@@H](COC(C)=O)OC(C)=O. The Hall–Kier alpha value is -6.49. The Kier molecular flexibility index (Phi) is 18.4. The molecular formula is C43H51NO21. The molecule has 2 aliphatic rings. The van der Waals surface area contributed by atoms with E-state index in [-0.39, 0.29) is 5.56 Å². The van der Waals surface area contributed by atoms with Gasteiger partial charge in [0.05, 0.1) is 18.0 Å². The summed E-state index contributed by atoms with van der Waals surface area (Å²) >= 11 is 0. The Labute approximate surface area is 372 Å². The lowest BCUT2D eigenvalue weighted by Crippen LogP contribution is -2.71. The zero-order chi connectivity index (χ0) is 48.0. The second kappa shape index (κ2) is 23.4. The molecule has 0 aromatic heterocycles. The minimum Gasteiger partial charge on any atom is -0.463 e. The number of nitrogens with one attached hydrogen (secondary N) is 1. The lowest BCUT2D eigenvalue weighted by molar-refractivity contribution is -0.367. The van der Waals surface area contributed by atoms with Gasteiger partial charge in [0, 0.05) is 48.5 Å². The summed E-state index contributed by atoms with van der Waals surface area (Å²) in [6.07, 6.45) is -18.2. The monoisotopic (exact) mass is 917 g/mol. The van der Waals surface area contributed by atoms with E-state index in [0.29, 0.717) is 5.56 Å². The Morgan fingerprint density at radius 2 is 1.29 bits per heavy atom. The van der Waals surface area contributed by atoms with Gasteiger partial charge in [0.15, 0.2) is 30.7 Å². The summed E-state index contributed by atoms with van der Waals surface area (Å²) in [5.74, 6) is -12.1. The lowest BCUT2D eigenvalue weighted by atomic mass is 9.87. The van der Waals surface area contributed by atoms with Crippen LogP contribution in [0, 0.1) is 0 Å². The number of carbonyl (C=O) groups is 9. The molecule has 9 unspecified atom stereocenters. The zero-order valence-corrected chi connectivity index (χ0v) is 36.5. The van der Waals surface area contributed by atoms with Crippen molar-refractivity contribution in [1.29, 1.82) is 0 Å². The molecule has 0 aliphatic carbocycles. The predicted octanol–water partition coefficient (Wildman–Crippen LogP) is 0.901. The molecule has 2 aliphatic heterocycles. The smallest absolute Gasteiger partial charge is 0.367 e. The van der Waals surface area contributed by atoms with Crippen molar-refractivity contribution in [3.63, 3.8) is 0 Å². The third kappa shape index (κ3) is 14.8. The number of esters is 8. The van der Waals surface area contributed by atoms with Crippen molar-refractivity contribution in [3.8, 4) is 0 Å². The second-order valence-electron chi connectivity index (χ2n) is 14.8. The van der Waals surface area contributed by atoms with Crippen LogP contribution in [-0.4, -0.2) is 139 Å². The first-order valence-electron chi connectivity index (χ1n) is 20.1. The van der Waals surface area contributed by atoms with E-state index in [0.717, 1.165) is 48.5 Å². The molecule has 0 radical (unpaired) electrons. The highest BCUT2D eigenvalue weighted by Crippen LogP contribution is 2.41. The number of ether oxygens (including phenoxy) is 11. The molecule has 354 valence electrons. The van der Waals surface area contributed by atoms with E-state index in [9.17, 15) is 48.3 Å². The van der Waals surface area contributed by atoms with Crippen LogP contribution in [-0.2, 0) is 97.1 Å². The first-order chi connectivity index (χ1) is 30.7. The van der Waals surface area contributed by atoms with Gasteiger partial charge in [-0.25, -0.2) is 9.59 Å². The average molecular weight is 918 g/mol. The minimum absolute atomic E-state index is 0.0444. The first-order valence-corrected chi connectivity index (χ1v) is 20.1. The predicted molar refractivity (Wildman–Crippen MR) is 213 cm³/mol. The average Bonchev–Trinajstić information content (AvgIpc) is 3.23. The van der Waals surface area contributed by atoms with Gasteiger partial charge in [-0.05, 0) is 17.7 Å². The van der Waals surface area contributed by atoms with Crippen LogP contribution >= 0.6 is 0 Å². The molecule has 4 rings (SSSR count). The van der Waals surface area contributed by atoms with Gasteiger partial charge in [-0.1, -0.05) is 48.5 Å². The minimum atomic E-state index is -3.03. The van der Waals surface area contributed by atoms with Crippen LogP contribution in [0.4, 0.5) is 0 Å². The fourth-order valence-electron chi connectivity index (χ4n) is 7.01. The van der Waals surface area contributed by atoms with Gasteiger partial charge >= 0.3 is 47.8 Å². The maximum Gasteiger partial charge on any atom is 0.367 e. The van der Waals surface area contributed by atoms with Crippen molar-refractivity contribution >= 4 is 53.7 Å². The van der Waals surface area contributed by atoms with Crippen LogP contribution in [0.2, 0.25) is 0 Å². The fraction of sp³-hybridized carbons (Fsp3) is 0.512. The van der Waals surface area contributed by atoms with E-state index in [1.807, 2.05) is 0 Å². The molecule has 0 spiro atoms. The summed E-state index contributed by atoms with van der Waals surface area (Å²) in [5, 5.41) is 14.1. The summed E-state index contributed by atoms with van der Waals surface area (Å²) in [4.78, 5) is 117. The summed E-state index contributed by atoms with van der Waals surface area (Å²) in [6.45, 7) is 5.04. The highest BCUT2D eigenvalue weighted by molar-refractivity contribution is 5.89. The molecule has 2 aromatic rings. The fourth-order valence-corrected chi connectivity index (χ4v) is 7.01. The van der Waals surface area contributed by atoms with Crippen molar-refractivity contribution in [3.05, 3.63) is 71.8 Å². The number of aliphatic hydroxyl groups is 1. The van der Waals surface area contributed by atoms with E-state index in [4.69, 9.17) is 52.1 Å². The van der Waals surface area contributed by atoms with Crippen LogP contribution in [0.1, 0.15) is 70.8 Å². The van der Waals surface area contributed by atoms with Gasteiger partial charge in [-0.2, -0.15) is 0 Å². The third-order valence-electron chi connectivity index (χ3n) is 9.46. The Morgan fingerprint density at radius 1 is 0.692 bits per heavy atom. The van der Waals surface area contributed by atoms with Crippen LogP contribution < -0.4 is 5.32 Å². The first kappa shape index (κ1) is 51.1. The number of hydrogen-bond donors (Lipinski definition) is 2. The van der Waals surface area contributed by atoms with Gasteiger partial charge in [0.2, 0.25) is 5.91 Å². The molecule has 2 fully saturated rings. The van der Waals surface area contributed by atoms with Crippen molar-refractivity contribution in [1.82, 2.24) is 5.32 Å². The third-order valence-corrected chi connectivity index (χ3v) is 9.46. The molecule has 2 N–H and O–H groups in total. The molecule has 65 heavy (non-hydrogen) atoms. The van der Waals surface area contributed by atoms with Crippen LogP contribution in [0.3, 0.4) is 0 Å². The summed E-state index contributed by atoms with van der Waals surface area (Å²) in [5.41, 5.74) is 0.387. The van der Waals surface area contributed by atoms with Gasteiger partial charge in [0.25, 0.3) is 5.79 Å². The van der Waals surface area contributed by atoms with E-state index in [1.165, 1.54) is 24.3 Å². The molecule has 11 atom stereocenters. The largest absolute Gasteiger partial charge is 0.463 e. The maximum atomic E-state index is 15.0. The summed E-state index contributed by atoms with van der Waals surface area (Å²) < 4.78 is 63.1. The summed E-state index contributed by atoms with van der Waals surface area (Å²) in [6, 6.07) is 13.9. The van der Waals surface area contributed by atoms with Gasteiger partial charge < -0.3 is 62.5 Å². The lowest BCUT2D eigenvalue weighted by Gasteiger charge is -2.51. The molecule has 2 aromatic carbocycles. The number of carbonyl (C=O) groups excluding carboxylic acids is 9. The Morgan fingerprint density at radius 3 is 1.85 bits per heavy atom. The zero-order valence-electron chi connectivity index (χ0n) is 36.5. The molecule has 2 saturated heterocycles. The molecule has 22 nitrogen and oxygen atoms in total. The molecule has 0 bridgehead atoms. The maximum absolute atomic E-state index is 15.0. The van der Waals surface area contributed by atoms with E-state index in [2.05, 4.69) is 5.32 Å². The highest BCUT2D eigenvalue weighted by atomic mass is 16.8. The van der Waals surface area contributed by atoms with E-state index >= 15 is 0 Å². The standard InChI is InChI=1S/C43H51NO21/c1-22(45)44-34-31(58-25(4)48)18-43(42(54)57-19-29-14-10-8-11-15-29,64-37(34)35(60-27(6)50)32(59-26(5)49)20-55-23(2)46)65-38-36(61-28(7)51)33(21-56-24(3)47)62-41(53)39(38)63-40(52)30-16-12-9-13-17-30/h8-17,31-39,41,53H,18-21H2,1-7H3,(H,44,45)/t31?,32-,33?,34?,35-,36?,37?,38?,39?,41?,43?/m1/s1. The molecule has 1 amide bonds. The van der Waals surface area contributed by atoms with Gasteiger partial charge in [-0.15, -0.1) is 0 Å². The number of hydrogen-bond acceptors (Lipinski definition) is 21. The molecular weight excluding hydrogens is 866 g/mol. The Balaban J connectivity index is 2.04. The normalized spacial score (nSPS) is 25.8. The van der Waals surface area contributed by atoms with Crippen LogP contribution in [0.25, 0.3) is 0 Å². The second-order valence-corrected chi connectivity index (χ2v) is 14.8. The quantitative estimate of drug-likeness (QED) is 0.155. The highest BCUT2D eigenvalue weighted by Gasteiger charge is 2.63. The van der Waals surface area contributed by atoms with Gasteiger partial charge in [-0.3, -0.25) is 33.6 Å². The molecule has 22 heteroatoms. The van der Waals surface area contributed by atoms with E-state index < -0.39 is 147 Å². The van der Waals surface area contributed by atoms with Crippen LogP contribution in [0.5, 0.6) is 0 Å². The van der Waals surface area contributed by atoms with Crippen LogP contribution in [0.15, 0.2) is 60.7 Å². The molecule has 2 heterocycles. The van der Waals surface area contributed by atoms with E-state index in [1.54, 1.807) is 36.4 Å². The summed E-state index contributed by atoms with van der Waals surface area (Å²) in [7, 11) is 0. The van der Waals surface area contributed by atoms with Gasteiger partial charge in [0.1, 0.15) is 44.2 Å². The molecule has 0 saturated carbocycles. The van der Waals surface area contributed by atoms with Crippen molar-refractivity contribution in [2.45, 2.75) is 128 Å².